The lowest BCUT2D eigenvalue weighted by Gasteiger charge is -2.22. The molecule has 0 saturated carbocycles. The fourth-order valence-corrected chi connectivity index (χ4v) is 2.80. The highest BCUT2D eigenvalue weighted by Gasteiger charge is 2.49. The van der Waals surface area contributed by atoms with E-state index in [0.717, 1.165) is 12.1 Å². The van der Waals surface area contributed by atoms with Crippen LogP contribution in [0.15, 0.2) is 42.5 Å². The zero-order valence-electron chi connectivity index (χ0n) is 13.8. The van der Waals surface area contributed by atoms with Crippen molar-refractivity contribution in [3.05, 3.63) is 65.2 Å². The zero-order chi connectivity index (χ0) is 19.1. The third-order valence-corrected chi connectivity index (χ3v) is 4.30. The molecule has 8 heteroatoms. The van der Waals surface area contributed by atoms with Crippen LogP contribution in [0, 0.1) is 11.6 Å². The molecule has 1 heterocycles. The van der Waals surface area contributed by atoms with Crippen LogP contribution in [-0.2, 0) is 10.3 Å². The van der Waals surface area contributed by atoms with Crippen molar-refractivity contribution in [2.24, 2.45) is 0 Å². The molecule has 26 heavy (non-hydrogen) atoms. The largest absolute Gasteiger partial charge is 0.399 e. The first-order valence-corrected chi connectivity index (χ1v) is 7.71. The number of hydrogen-bond donors (Lipinski definition) is 2. The monoisotopic (exact) mass is 359 g/mol. The first-order chi connectivity index (χ1) is 12.2. The Labute approximate surface area is 147 Å². The summed E-state index contributed by atoms with van der Waals surface area (Å²) in [6.07, 6.45) is 0. The Morgan fingerprint density at radius 3 is 2.42 bits per heavy atom. The number of nitrogens with two attached hydrogens (primary N) is 1. The lowest BCUT2D eigenvalue weighted by molar-refractivity contribution is -0.130. The molecule has 134 valence electrons. The Hall–Kier alpha value is -3.29. The molecule has 3 N–H and O–H groups in total. The van der Waals surface area contributed by atoms with Gasteiger partial charge in [0.05, 0.1) is 12.1 Å². The minimum absolute atomic E-state index is 0.395. The van der Waals surface area contributed by atoms with Crippen LogP contribution in [0.5, 0.6) is 0 Å². The van der Waals surface area contributed by atoms with Gasteiger partial charge in [0.15, 0.2) is 5.78 Å². The second-order valence-corrected chi connectivity index (χ2v) is 6.12. The van der Waals surface area contributed by atoms with Crippen molar-refractivity contribution < 1.29 is 23.2 Å². The lowest BCUT2D eigenvalue weighted by atomic mass is 9.92. The standard InChI is InChI=1S/C18H15F2N3O3/c1-18(10-2-5-12(21)6-3-10)16(25)23(17(26)22-18)9-15(24)13-7-4-11(19)8-14(13)20/h2-8H,9,21H2,1H3,(H,22,26). The van der Waals surface area contributed by atoms with E-state index in [-0.39, 0.29) is 0 Å². The second-order valence-electron chi connectivity index (χ2n) is 6.12. The van der Waals surface area contributed by atoms with E-state index in [9.17, 15) is 23.2 Å². The number of anilines is 1. The minimum Gasteiger partial charge on any atom is -0.399 e. The normalized spacial score (nSPS) is 19.6. The summed E-state index contributed by atoms with van der Waals surface area (Å²) in [5.41, 5.74) is 4.85. The maximum atomic E-state index is 13.7. The van der Waals surface area contributed by atoms with E-state index in [1.54, 1.807) is 24.3 Å². The summed E-state index contributed by atoms with van der Waals surface area (Å²) in [4.78, 5) is 37.9. The van der Waals surface area contributed by atoms with Crippen molar-refractivity contribution in [2.45, 2.75) is 12.5 Å². The number of Topliss-reactive ketones (excluding diaryl/α,β-unsaturated/α-hetero) is 1. The van der Waals surface area contributed by atoms with Crippen LogP contribution in [0.1, 0.15) is 22.8 Å². The Balaban J connectivity index is 1.85. The van der Waals surface area contributed by atoms with E-state index in [2.05, 4.69) is 5.32 Å². The average molecular weight is 359 g/mol. The maximum Gasteiger partial charge on any atom is 0.325 e. The number of urea groups is 1. The maximum absolute atomic E-state index is 13.7. The number of amides is 3. The Kier molecular flexibility index (Phi) is 4.19. The number of nitrogens with one attached hydrogen (secondary N) is 1. The van der Waals surface area contributed by atoms with Gasteiger partial charge in [-0.25, -0.2) is 13.6 Å². The van der Waals surface area contributed by atoms with E-state index in [0.29, 0.717) is 22.2 Å². The molecule has 2 aromatic rings. The topological polar surface area (TPSA) is 92.5 Å². The molecule has 3 amide bonds. The number of carbonyl (C=O) groups excluding carboxylic acids is 3. The molecule has 1 aliphatic rings. The predicted molar refractivity (Wildman–Crippen MR) is 89.1 cm³/mol. The van der Waals surface area contributed by atoms with E-state index in [1.807, 2.05) is 0 Å². The summed E-state index contributed by atoms with van der Waals surface area (Å²) >= 11 is 0. The SMILES string of the molecule is CC1(c2ccc(N)cc2)NC(=O)N(CC(=O)c2ccc(F)cc2F)C1=O. The molecule has 3 rings (SSSR count). The van der Waals surface area contributed by atoms with E-state index in [4.69, 9.17) is 5.73 Å². The molecule has 1 fully saturated rings. The van der Waals surface area contributed by atoms with Gasteiger partial charge in [0.2, 0.25) is 0 Å². The summed E-state index contributed by atoms with van der Waals surface area (Å²) in [5, 5.41) is 2.54. The Bertz CT molecular complexity index is 914. The fraction of sp³-hybridized carbons (Fsp3) is 0.167. The molecule has 0 aliphatic carbocycles. The van der Waals surface area contributed by atoms with Gasteiger partial charge in [-0.15, -0.1) is 0 Å². The number of carbonyl (C=O) groups is 3. The smallest absolute Gasteiger partial charge is 0.325 e. The quantitative estimate of drug-likeness (QED) is 0.497. The summed E-state index contributed by atoms with van der Waals surface area (Å²) in [7, 11) is 0. The molecular formula is C18H15F2N3O3. The average Bonchev–Trinajstić information content (AvgIpc) is 2.79. The van der Waals surface area contributed by atoms with Gasteiger partial charge in [-0.1, -0.05) is 12.1 Å². The molecule has 1 unspecified atom stereocenters. The van der Waals surface area contributed by atoms with Gasteiger partial charge < -0.3 is 11.1 Å². The summed E-state index contributed by atoms with van der Waals surface area (Å²) in [6.45, 7) is 0.847. The summed E-state index contributed by atoms with van der Waals surface area (Å²) in [5.74, 6) is -3.34. The molecule has 0 aromatic heterocycles. The minimum atomic E-state index is -1.37. The van der Waals surface area contributed by atoms with E-state index < -0.39 is 47.0 Å². The molecule has 6 nitrogen and oxygen atoms in total. The molecular weight excluding hydrogens is 344 g/mol. The van der Waals surface area contributed by atoms with Crippen LogP contribution < -0.4 is 11.1 Å². The Morgan fingerprint density at radius 2 is 1.81 bits per heavy atom. The number of benzene rings is 2. The Morgan fingerprint density at radius 1 is 1.15 bits per heavy atom. The van der Waals surface area contributed by atoms with Gasteiger partial charge in [0.25, 0.3) is 5.91 Å². The number of rotatable bonds is 4. The van der Waals surface area contributed by atoms with Gasteiger partial charge in [-0.2, -0.15) is 0 Å². The van der Waals surface area contributed by atoms with Crippen molar-refractivity contribution in [3.8, 4) is 0 Å². The van der Waals surface area contributed by atoms with Crippen LogP contribution in [-0.4, -0.2) is 29.2 Å². The molecule has 1 saturated heterocycles. The van der Waals surface area contributed by atoms with Gasteiger partial charge in [-0.3, -0.25) is 14.5 Å². The molecule has 0 bridgehead atoms. The lowest BCUT2D eigenvalue weighted by Crippen LogP contribution is -2.41. The molecule has 0 radical (unpaired) electrons. The van der Waals surface area contributed by atoms with Gasteiger partial charge in [0.1, 0.15) is 17.2 Å². The molecule has 1 atom stereocenters. The first kappa shape index (κ1) is 17.5. The fourth-order valence-electron chi connectivity index (χ4n) is 2.80. The van der Waals surface area contributed by atoms with Crippen molar-refractivity contribution in [2.75, 3.05) is 12.3 Å². The summed E-state index contributed by atoms with van der Waals surface area (Å²) in [6, 6.07) is 8.06. The van der Waals surface area contributed by atoms with Gasteiger partial charge in [0, 0.05) is 11.8 Å². The highest BCUT2D eigenvalue weighted by Crippen LogP contribution is 2.29. The van der Waals surface area contributed by atoms with Gasteiger partial charge in [-0.05, 0) is 36.8 Å². The van der Waals surface area contributed by atoms with Crippen molar-refractivity contribution in [3.63, 3.8) is 0 Å². The zero-order valence-corrected chi connectivity index (χ0v) is 13.8. The number of hydrogen-bond acceptors (Lipinski definition) is 4. The number of halogens is 2. The summed E-state index contributed by atoms with van der Waals surface area (Å²) < 4.78 is 26.7. The van der Waals surface area contributed by atoms with Crippen molar-refractivity contribution in [1.82, 2.24) is 10.2 Å². The predicted octanol–water partition coefficient (Wildman–Crippen LogP) is 2.20. The van der Waals surface area contributed by atoms with Crippen LogP contribution in [0.3, 0.4) is 0 Å². The van der Waals surface area contributed by atoms with Crippen molar-refractivity contribution in [1.29, 1.82) is 0 Å². The van der Waals surface area contributed by atoms with E-state index in [1.165, 1.54) is 6.92 Å². The van der Waals surface area contributed by atoms with Crippen molar-refractivity contribution >= 4 is 23.4 Å². The third-order valence-electron chi connectivity index (χ3n) is 4.30. The van der Waals surface area contributed by atoms with Crippen LogP contribution in [0.25, 0.3) is 0 Å². The number of nitrogen functional groups attached to an aromatic ring is 1. The number of ketones is 1. The number of nitrogens with zero attached hydrogens (tertiary/aromatic N) is 1. The molecule has 1 aliphatic heterocycles. The van der Waals surface area contributed by atoms with Crippen LogP contribution in [0.4, 0.5) is 19.3 Å². The first-order valence-electron chi connectivity index (χ1n) is 7.71. The highest BCUT2D eigenvalue weighted by atomic mass is 19.1. The van der Waals surface area contributed by atoms with E-state index >= 15 is 0 Å². The van der Waals surface area contributed by atoms with Crippen LogP contribution in [0.2, 0.25) is 0 Å². The third kappa shape index (κ3) is 2.90. The highest BCUT2D eigenvalue weighted by molar-refractivity contribution is 6.11. The van der Waals surface area contributed by atoms with Gasteiger partial charge >= 0.3 is 6.03 Å². The second kappa shape index (κ2) is 6.21. The molecule has 0 spiro atoms. The number of imide groups is 1. The molecule has 2 aromatic carbocycles. The van der Waals surface area contributed by atoms with Crippen LogP contribution >= 0.6 is 0 Å².